The van der Waals surface area contributed by atoms with E-state index in [9.17, 15) is 4.79 Å². The number of nitrogens with zero attached hydrogens (tertiary/aromatic N) is 1. The molecule has 1 saturated heterocycles. The van der Waals surface area contributed by atoms with Gasteiger partial charge < -0.3 is 24.4 Å². The van der Waals surface area contributed by atoms with Crippen LogP contribution < -0.4 is 14.8 Å². The fraction of sp³-hybridized carbons (Fsp3) is 0.391. The van der Waals surface area contributed by atoms with Crippen LogP contribution in [0.4, 0.5) is 5.69 Å². The molecule has 0 saturated carbocycles. The maximum atomic E-state index is 12.4. The first-order valence-corrected chi connectivity index (χ1v) is 11.6. The summed E-state index contributed by atoms with van der Waals surface area (Å²) in [5, 5.41) is 2.85. The van der Waals surface area contributed by atoms with Gasteiger partial charge in [-0.3, -0.25) is 4.79 Å². The van der Waals surface area contributed by atoms with Crippen LogP contribution in [-0.4, -0.2) is 55.3 Å². The molecular formula is C23H27BrN2O4S. The number of anilines is 1. The first-order chi connectivity index (χ1) is 15.0. The van der Waals surface area contributed by atoms with Gasteiger partial charge in [-0.25, -0.2) is 0 Å². The maximum absolute atomic E-state index is 12.4. The van der Waals surface area contributed by atoms with Crippen LogP contribution in [0.5, 0.6) is 11.5 Å². The van der Waals surface area contributed by atoms with E-state index in [0.717, 1.165) is 35.7 Å². The van der Waals surface area contributed by atoms with Crippen LogP contribution in [-0.2, 0) is 16.0 Å². The highest BCUT2D eigenvalue weighted by molar-refractivity contribution is 9.10. The summed E-state index contributed by atoms with van der Waals surface area (Å²) >= 11 is 9.23. The van der Waals surface area contributed by atoms with Crippen molar-refractivity contribution in [1.82, 2.24) is 4.90 Å². The van der Waals surface area contributed by atoms with Crippen molar-refractivity contribution in [3.05, 3.63) is 52.0 Å². The minimum atomic E-state index is -0.244. The van der Waals surface area contributed by atoms with Crippen LogP contribution in [0, 0.1) is 0 Å². The fourth-order valence-corrected chi connectivity index (χ4v) is 4.06. The smallest absolute Gasteiger partial charge is 0.262 e. The Morgan fingerprint density at radius 1 is 1.16 bits per heavy atom. The molecular weight excluding hydrogens is 480 g/mol. The number of carbonyl (C=O) groups excluding carboxylic acids is 1. The molecule has 6 nitrogen and oxygen atoms in total. The number of thiocarbonyl (C=S) groups is 1. The van der Waals surface area contributed by atoms with E-state index in [4.69, 9.17) is 26.4 Å². The highest BCUT2D eigenvalue weighted by Gasteiger charge is 2.20. The molecule has 1 heterocycles. The summed E-state index contributed by atoms with van der Waals surface area (Å²) in [5.41, 5.74) is 2.82. The first kappa shape index (κ1) is 23.5. The number of hydrogen-bond donors (Lipinski definition) is 1. The standard InChI is InChI=1S/C23H27BrN2O4S/c1-3-16-5-7-18(8-6-16)25-21(27)15-30-22-19(24)13-17(14-20(22)29-4-2)23(31)26-9-11-28-12-10-26/h5-8,13-14H,3-4,9-12,15H2,1-2H3,(H,25,27). The van der Waals surface area contributed by atoms with Gasteiger partial charge >= 0.3 is 0 Å². The Balaban J connectivity index is 1.69. The molecule has 0 unspecified atom stereocenters. The number of morpholine rings is 1. The molecule has 0 aliphatic carbocycles. The van der Waals surface area contributed by atoms with E-state index in [-0.39, 0.29) is 12.5 Å². The Hall–Kier alpha value is -2.16. The number of hydrogen-bond acceptors (Lipinski definition) is 5. The molecule has 1 amide bonds. The van der Waals surface area contributed by atoms with Gasteiger partial charge in [0.05, 0.1) is 24.3 Å². The zero-order valence-electron chi connectivity index (χ0n) is 17.8. The summed E-state index contributed by atoms with van der Waals surface area (Å²) in [6.07, 6.45) is 0.955. The summed E-state index contributed by atoms with van der Waals surface area (Å²) in [5.74, 6) is 0.779. The predicted molar refractivity (Wildman–Crippen MR) is 129 cm³/mol. The van der Waals surface area contributed by atoms with Gasteiger partial charge in [0.25, 0.3) is 5.91 Å². The number of halogens is 1. The largest absolute Gasteiger partial charge is 0.490 e. The van der Waals surface area contributed by atoms with Gasteiger partial charge in [-0.1, -0.05) is 31.3 Å². The van der Waals surface area contributed by atoms with Crippen molar-refractivity contribution in [2.45, 2.75) is 20.3 Å². The lowest BCUT2D eigenvalue weighted by Gasteiger charge is -2.29. The van der Waals surface area contributed by atoms with Crippen molar-refractivity contribution in [2.75, 3.05) is 44.8 Å². The van der Waals surface area contributed by atoms with Crippen molar-refractivity contribution in [2.24, 2.45) is 0 Å². The summed E-state index contributed by atoms with van der Waals surface area (Å²) in [7, 11) is 0. The molecule has 0 atom stereocenters. The number of nitrogens with one attached hydrogen (secondary N) is 1. The van der Waals surface area contributed by atoms with E-state index >= 15 is 0 Å². The molecule has 31 heavy (non-hydrogen) atoms. The van der Waals surface area contributed by atoms with Crippen molar-refractivity contribution < 1.29 is 19.0 Å². The van der Waals surface area contributed by atoms with Crippen molar-refractivity contribution in [1.29, 1.82) is 0 Å². The van der Waals surface area contributed by atoms with E-state index in [1.807, 2.05) is 43.3 Å². The molecule has 0 spiro atoms. The molecule has 1 aliphatic rings. The molecule has 1 N–H and O–H groups in total. The molecule has 166 valence electrons. The first-order valence-electron chi connectivity index (χ1n) is 10.4. The van der Waals surface area contributed by atoms with Crippen LogP contribution >= 0.6 is 28.1 Å². The molecule has 2 aromatic rings. The lowest BCUT2D eigenvalue weighted by Crippen LogP contribution is -2.40. The summed E-state index contributed by atoms with van der Waals surface area (Å²) in [4.78, 5) is 15.2. The minimum Gasteiger partial charge on any atom is -0.490 e. The van der Waals surface area contributed by atoms with Gasteiger partial charge in [-0.2, -0.15) is 0 Å². The van der Waals surface area contributed by atoms with Gasteiger partial charge in [-0.05, 0) is 59.1 Å². The van der Waals surface area contributed by atoms with E-state index in [1.165, 1.54) is 5.56 Å². The molecule has 0 bridgehead atoms. The zero-order valence-corrected chi connectivity index (χ0v) is 20.2. The molecule has 1 aliphatic heterocycles. The second-order valence-corrected chi connectivity index (χ2v) is 8.25. The normalized spacial score (nSPS) is 13.6. The third-order valence-corrected chi connectivity index (χ3v) is 5.93. The van der Waals surface area contributed by atoms with Crippen LogP contribution in [0.25, 0.3) is 0 Å². The topological polar surface area (TPSA) is 60.0 Å². The van der Waals surface area contributed by atoms with Crippen molar-refractivity contribution >= 4 is 44.7 Å². The SMILES string of the molecule is CCOc1cc(C(=S)N2CCOCC2)cc(Br)c1OCC(=O)Nc1ccc(CC)cc1. The minimum absolute atomic E-state index is 0.137. The maximum Gasteiger partial charge on any atom is 0.262 e. The van der Waals surface area contributed by atoms with E-state index in [1.54, 1.807) is 0 Å². The molecule has 0 aromatic heterocycles. The summed E-state index contributed by atoms with van der Waals surface area (Å²) in [6, 6.07) is 11.5. The van der Waals surface area contributed by atoms with E-state index in [0.29, 0.717) is 35.8 Å². The lowest BCUT2D eigenvalue weighted by molar-refractivity contribution is -0.118. The Labute approximate surface area is 197 Å². The molecule has 2 aromatic carbocycles. The Bertz CT molecular complexity index is 915. The van der Waals surface area contributed by atoms with Gasteiger partial charge in [0.2, 0.25) is 0 Å². The number of aryl methyl sites for hydroxylation is 1. The Morgan fingerprint density at radius 3 is 2.52 bits per heavy atom. The average molecular weight is 507 g/mol. The second kappa shape index (κ2) is 11.5. The predicted octanol–water partition coefficient (Wildman–Crippen LogP) is 4.44. The second-order valence-electron chi connectivity index (χ2n) is 7.01. The molecule has 8 heteroatoms. The van der Waals surface area contributed by atoms with Gasteiger partial charge in [0, 0.05) is 24.3 Å². The average Bonchev–Trinajstić information content (AvgIpc) is 2.79. The van der Waals surface area contributed by atoms with Crippen LogP contribution in [0.1, 0.15) is 25.0 Å². The lowest BCUT2D eigenvalue weighted by atomic mass is 10.1. The summed E-state index contributed by atoms with van der Waals surface area (Å²) in [6.45, 7) is 7.17. The highest BCUT2D eigenvalue weighted by Crippen LogP contribution is 2.37. The van der Waals surface area contributed by atoms with Crippen LogP contribution in [0.15, 0.2) is 40.9 Å². The highest BCUT2D eigenvalue weighted by atomic mass is 79.9. The van der Waals surface area contributed by atoms with Crippen LogP contribution in [0.2, 0.25) is 0 Å². The number of carbonyl (C=O) groups is 1. The van der Waals surface area contributed by atoms with E-state index in [2.05, 4.69) is 33.1 Å². The number of rotatable bonds is 8. The number of benzene rings is 2. The Kier molecular flexibility index (Phi) is 8.69. The third kappa shape index (κ3) is 6.41. The third-order valence-electron chi connectivity index (χ3n) is 4.85. The monoisotopic (exact) mass is 506 g/mol. The number of amides is 1. The van der Waals surface area contributed by atoms with E-state index < -0.39 is 0 Å². The molecule has 1 fully saturated rings. The van der Waals surface area contributed by atoms with Gasteiger partial charge in [0.15, 0.2) is 18.1 Å². The molecule has 0 radical (unpaired) electrons. The Morgan fingerprint density at radius 2 is 1.87 bits per heavy atom. The van der Waals surface area contributed by atoms with Gasteiger partial charge in [-0.15, -0.1) is 0 Å². The zero-order chi connectivity index (χ0) is 22.2. The van der Waals surface area contributed by atoms with Crippen LogP contribution in [0.3, 0.4) is 0 Å². The van der Waals surface area contributed by atoms with Crippen molar-refractivity contribution in [3.63, 3.8) is 0 Å². The quantitative estimate of drug-likeness (QED) is 0.534. The van der Waals surface area contributed by atoms with Crippen molar-refractivity contribution in [3.8, 4) is 11.5 Å². The van der Waals surface area contributed by atoms with Gasteiger partial charge in [0.1, 0.15) is 4.99 Å². The number of ether oxygens (including phenoxy) is 3. The summed E-state index contributed by atoms with van der Waals surface area (Å²) < 4.78 is 17.7. The fourth-order valence-electron chi connectivity index (χ4n) is 3.20. The molecule has 3 rings (SSSR count).